The number of sulfone groups is 1. The van der Waals surface area contributed by atoms with Crippen molar-refractivity contribution in [3.05, 3.63) is 0 Å². The van der Waals surface area contributed by atoms with Crippen molar-refractivity contribution in [3.63, 3.8) is 0 Å². The van der Waals surface area contributed by atoms with Crippen LogP contribution in [-0.2, 0) is 9.84 Å². The lowest BCUT2D eigenvalue weighted by Crippen LogP contribution is -2.24. The standard InChI is InChI=1S/C12H21NO2S/c1-10(2)16(14,15)7-6-12(9-13)5-4-11(3)8-12/h10-11H,4-8H2,1-3H3. The number of rotatable bonds is 4. The molecule has 4 heteroatoms. The molecule has 0 amide bonds. The van der Waals surface area contributed by atoms with E-state index in [-0.39, 0.29) is 16.4 Å². The quantitative estimate of drug-likeness (QED) is 0.762. The van der Waals surface area contributed by atoms with Crippen molar-refractivity contribution in [2.24, 2.45) is 11.3 Å². The lowest BCUT2D eigenvalue weighted by atomic mass is 9.84. The largest absolute Gasteiger partial charge is 0.229 e. The topological polar surface area (TPSA) is 57.9 Å². The monoisotopic (exact) mass is 243 g/mol. The fourth-order valence-corrected chi connectivity index (χ4v) is 3.50. The van der Waals surface area contributed by atoms with Crippen molar-refractivity contribution in [1.29, 1.82) is 5.26 Å². The molecule has 0 aromatic carbocycles. The molecule has 0 spiro atoms. The van der Waals surface area contributed by atoms with E-state index in [1.165, 1.54) is 0 Å². The molecule has 16 heavy (non-hydrogen) atoms. The molecule has 0 saturated heterocycles. The van der Waals surface area contributed by atoms with Crippen molar-refractivity contribution in [2.45, 2.75) is 51.7 Å². The maximum absolute atomic E-state index is 11.7. The van der Waals surface area contributed by atoms with Crippen molar-refractivity contribution >= 4 is 9.84 Å². The van der Waals surface area contributed by atoms with E-state index < -0.39 is 9.84 Å². The van der Waals surface area contributed by atoms with Gasteiger partial charge in [-0.3, -0.25) is 0 Å². The van der Waals surface area contributed by atoms with E-state index in [1.807, 2.05) is 0 Å². The third-order valence-electron chi connectivity index (χ3n) is 3.68. The van der Waals surface area contributed by atoms with Crippen LogP contribution in [0.15, 0.2) is 0 Å². The lowest BCUT2D eigenvalue weighted by Gasteiger charge is -2.21. The molecule has 1 rings (SSSR count). The molecule has 1 aliphatic rings. The molecule has 1 aliphatic carbocycles. The Balaban J connectivity index is 2.64. The summed E-state index contributed by atoms with van der Waals surface area (Å²) >= 11 is 0. The smallest absolute Gasteiger partial charge is 0.152 e. The maximum Gasteiger partial charge on any atom is 0.152 e. The van der Waals surface area contributed by atoms with Gasteiger partial charge < -0.3 is 0 Å². The molecule has 1 fully saturated rings. The molecule has 0 radical (unpaired) electrons. The van der Waals surface area contributed by atoms with Gasteiger partial charge in [-0.1, -0.05) is 6.92 Å². The van der Waals surface area contributed by atoms with Gasteiger partial charge in [-0.25, -0.2) is 8.42 Å². The van der Waals surface area contributed by atoms with E-state index in [2.05, 4.69) is 13.0 Å². The van der Waals surface area contributed by atoms with Gasteiger partial charge in [-0.05, 0) is 45.4 Å². The number of hydrogen-bond donors (Lipinski definition) is 0. The number of hydrogen-bond acceptors (Lipinski definition) is 3. The van der Waals surface area contributed by atoms with Gasteiger partial charge in [0.2, 0.25) is 0 Å². The first-order valence-electron chi connectivity index (χ1n) is 5.94. The maximum atomic E-state index is 11.7. The van der Waals surface area contributed by atoms with E-state index in [4.69, 9.17) is 0 Å². The van der Waals surface area contributed by atoms with Crippen LogP contribution in [0.4, 0.5) is 0 Å². The SMILES string of the molecule is CC1CCC(C#N)(CCS(=O)(=O)C(C)C)C1. The van der Waals surface area contributed by atoms with Gasteiger partial charge in [0.05, 0.1) is 22.5 Å². The molecule has 0 aliphatic heterocycles. The van der Waals surface area contributed by atoms with Crippen LogP contribution in [0.25, 0.3) is 0 Å². The summed E-state index contributed by atoms with van der Waals surface area (Å²) in [4.78, 5) is 0. The van der Waals surface area contributed by atoms with E-state index in [1.54, 1.807) is 13.8 Å². The van der Waals surface area contributed by atoms with Crippen LogP contribution in [0.1, 0.15) is 46.5 Å². The van der Waals surface area contributed by atoms with Gasteiger partial charge in [0, 0.05) is 0 Å². The Morgan fingerprint density at radius 2 is 2.12 bits per heavy atom. The van der Waals surface area contributed by atoms with Crippen molar-refractivity contribution in [2.75, 3.05) is 5.75 Å². The summed E-state index contributed by atoms with van der Waals surface area (Å²) in [5.41, 5.74) is -0.374. The minimum Gasteiger partial charge on any atom is -0.229 e. The van der Waals surface area contributed by atoms with Crippen LogP contribution < -0.4 is 0 Å². The van der Waals surface area contributed by atoms with Gasteiger partial charge in [0.1, 0.15) is 0 Å². The normalized spacial score (nSPS) is 30.6. The predicted molar refractivity (Wildman–Crippen MR) is 64.6 cm³/mol. The zero-order chi connectivity index (χ0) is 12.4. The number of nitrogens with zero attached hydrogens (tertiary/aromatic N) is 1. The zero-order valence-corrected chi connectivity index (χ0v) is 11.2. The molecule has 2 atom stereocenters. The Bertz CT molecular complexity index is 380. The van der Waals surface area contributed by atoms with Crippen LogP contribution in [0.3, 0.4) is 0 Å². The van der Waals surface area contributed by atoms with Gasteiger partial charge in [0.25, 0.3) is 0 Å². The summed E-state index contributed by atoms with van der Waals surface area (Å²) in [6, 6.07) is 2.35. The van der Waals surface area contributed by atoms with Gasteiger partial charge in [-0.15, -0.1) is 0 Å². The first-order valence-corrected chi connectivity index (χ1v) is 7.66. The van der Waals surface area contributed by atoms with Crippen LogP contribution in [0.2, 0.25) is 0 Å². The molecule has 3 nitrogen and oxygen atoms in total. The molecule has 0 heterocycles. The van der Waals surface area contributed by atoms with Crippen LogP contribution in [0.5, 0.6) is 0 Å². The molecular weight excluding hydrogens is 222 g/mol. The highest BCUT2D eigenvalue weighted by Crippen LogP contribution is 2.44. The van der Waals surface area contributed by atoms with E-state index in [0.29, 0.717) is 12.3 Å². The van der Waals surface area contributed by atoms with E-state index >= 15 is 0 Å². The molecular formula is C12H21NO2S. The fourth-order valence-electron chi connectivity index (χ4n) is 2.35. The second-order valence-electron chi connectivity index (χ2n) is 5.41. The Morgan fingerprint density at radius 1 is 1.50 bits per heavy atom. The van der Waals surface area contributed by atoms with Gasteiger partial charge in [-0.2, -0.15) is 5.26 Å². The molecule has 92 valence electrons. The first-order chi connectivity index (χ1) is 7.31. The molecule has 0 bridgehead atoms. The third kappa shape index (κ3) is 2.98. The average molecular weight is 243 g/mol. The number of nitriles is 1. The van der Waals surface area contributed by atoms with Crippen molar-refractivity contribution in [3.8, 4) is 6.07 Å². The summed E-state index contributed by atoms with van der Waals surface area (Å²) in [5.74, 6) is 0.715. The summed E-state index contributed by atoms with van der Waals surface area (Å²) in [7, 11) is -3.00. The van der Waals surface area contributed by atoms with Gasteiger partial charge in [0.15, 0.2) is 9.84 Å². The van der Waals surface area contributed by atoms with Crippen LogP contribution >= 0.6 is 0 Å². The van der Waals surface area contributed by atoms with Crippen LogP contribution in [0, 0.1) is 22.7 Å². The second-order valence-corrected chi connectivity index (χ2v) is 8.08. The highest BCUT2D eigenvalue weighted by atomic mass is 32.2. The second kappa shape index (κ2) is 4.75. The minimum atomic E-state index is -3.00. The van der Waals surface area contributed by atoms with Crippen LogP contribution in [-0.4, -0.2) is 19.4 Å². The fraction of sp³-hybridized carbons (Fsp3) is 0.917. The molecule has 0 aromatic heterocycles. The molecule has 0 N–H and O–H groups in total. The highest BCUT2D eigenvalue weighted by Gasteiger charge is 2.38. The third-order valence-corrected chi connectivity index (χ3v) is 5.89. The summed E-state index contributed by atoms with van der Waals surface area (Å²) in [5, 5.41) is 8.89. The lowest BCUT2D eigenvalue weighted by molar-refractivity contribution is 0.379. The van der Waals surface area contributed by atoms with Crippen molar-refractivity contribution in [1.82, 2.24) is 0 Å². The summed E-state index contributed by atoms with van der Waals surface area (Å²) in [6.45, 7) is 5.54. The minimum absolute atomic E-state index is 0.158. The average Bonchev–Trinajstić information content (AvgIpc) is 2.58. The Morgan fingerprint density at radius 3 is 2.50 bits per heavy atom. The zero-order valence-electron chi connectivity index (χ0n) is 10.4. The predicted octanol–water partition coefficient (Wildman–Crippen LogP) is 2.53. The summed E-state index contributed by atoms with van der Waals surface area (Å²) in [6.07, 6.45) is 3.28. The van der Waals surface area contributed by atoms with Gasteiger partial charge >= 0.3 is 0 Å². The summed E-state index contributed by atoms with van der Waals surface area (Å²) < 4.78 is 23.4. The Kier molecular flexibility index (Phi) is 4.01. The van der Waals surface area contributed by atoms with Crippen molar-refractivity contribution < 1.29 is 8.42 Å². The van der Waals surface area contributed by atoms with E-state index in [0.717, 1.165) is 19.3 Å². The Labute approximate surface area is 98.8 Å². The highest BCUT2D eigenvalue weighted by molar-refractivity contribution is 7.91. The Hall–Kier alpha value is -0.560. The molecule has 0 aromatic rings. The molecule has 1 saturated carbocycles. The first kappa shape index (κ1) is 13.5. The van der Waals surface area contributed by atoms with E-state index in [9.17, 15) is 13.7 Å². The molecule has 2 unspecified atom stereocenters.